The van der Waals surface area contributed by atoms with Gasteiger partial charge in [0.05, 0.1) is 0 Å². The molecule has 0 saturated heterocycles. The highest BCUT2D eigenvalue weighted by molar-refractivity contribution is 5.09. The van der Waals surface area contributed by atoms with Crippen LogP contribution in [0.3, 0.4) is 0 Å². The van der Waals surface area contributed by atoms with E-state index in [0.717, 1.165) is 0 Å². The lowest BCUT2D eigenvalue weighted by Crippen LogP contribution is -1.89. The molecule has 0 aromatic carbocycles. The van der Waals surface area contributed by atoms with E-state index in [1.165, 1.54) is 0 Å². The first-order chi connectivity index (χ1) is 4.41. The molecule has 0 aliphatic heterocycles. The van der Waals surface area contributed by atoms with Crippen LogP contribution in [0.5, 0.6) is 0 Å². The first-order valence-corrected chi connectivity index (χ1v) is 3.03. The first kappa shape index (κ1) is 8.02. The molecular weight excluding hydrogens is 110 g/mol. The number of allylic oxidation sites excluding steroid dienone is 5. The minimum absolute atomic E-state index is 1.88. The average Bonchev–Trinajstić information content (AvgIpc) is 1.89. The molecule has 0 aliphatic rings. The van der Waals surface area contributed by atoms with Crippen LogP contribution in [0.15, 0.2) is 36.6 Å². The summed E-state index contributed by atoms with van der Waals surface area (Å²) >= 11 is 0. The summed E-state index contributed by atoms with van der Waals surface area (Å²) in [6.07, 6.45) is 11.7. The zero-order valence-electron chi connectivity index (χ0n) is 5.96. The van der Waals surface area contributed by atoms with E-state index in [1.54, 1.807) is 0 Å². The predicted octanol–water partition coefficient (Wildman–Crippen LogP) is 1.85. The van der Waals surface area contributed by atoms with Crippen LogP contribution in [0.2, 0.25) is 0 Å². The third-order valence-corrected chi connectivity index (χ3v) is 0.789. The van der Waals surface area contributed by atoms with Gasteiger partial charge in [-0.1, -0.05) is 24.3 Å². The summed E-state index contributed by atoms with van der Waals surface area (Å²) in [5, 5.41) is 2.89. The smallest absolute Gasteiger partial charge is 0.00277 e. The second kappa shape index (κ2) is 7.02. The van der Waals surface area contributed by atoms with E-state index in [4.69, 9.17) is 0 Å². The Hall–Kier alpha value is -0.980. The lowest BCUT2D eigenvalue weighted by atomic mass is 10.4. The van der Waals surface area contributed by atoms with Crippen LogP contribution < -0.4 is 5.32 Å². The Kier molecular flexibility index (Phi) is 6.26. The Morgan fingerprint density at radius 1 is 1.00 bits per heavy atom. The molecule has 0 atom stereocenters. The molecule has 0 amide bonds. The van der Waals surface area contributed by atoms with Gasteiger partial charge in [-0.05, 0) is 19.2 Å². The molecule has 1 nitrogen and oxygen atoms in total. The molecule has 50 valence electrons. The highest BCUT2D eigenvalue weighted by Crippen LogP contribution is 1.76. The molecule has 0 aliphatic carbocycles. The molecule has 0 aromatic rings. The molecule has 0 fully saturated rings. The van der Waals surface area contributed by atoms with Crippen LogP contribution in [0, 0.1) is 0 Å². The Morgan fingerprint density at radius 2 is 1.67 bits per heavy atom. The van der Waals surface area contributed by atoms with Gasteiger partial charge >= 0.3 is 0 Å². The van der Waals surface area contributed by atoms with Crippen LogP contribution in [-0.2, 0) is 0 Å². The van der Waals surface area contributed by atoms with Crippen molar-refractivity contribution in [3.8, 4) is 0 Å². The summed E-state index contributed by atoms with van der Waals surface area (Å²) in [4.78, 5) is 0. The van der Waals surface area contributed by atoms with Crippen molar-refractivity contribution in [2.45, 2.75) is 6.92 Å². The summed E-state index contributed by atoms with van der Waals surface area (Å²) in [5.74, 6) is 0. The van der Waals surface area contributed by atoms with E-state index < -0.39 is 0 Å². The van der Waals surface area contributed by atoms with E-state index in [0.29, 0.717) is 0 Å². The van der Waals surface area contributed by atoms with Crippen LogP contribution in [0.1, 0.15) is 6.92 Å². The van der Waals surface area contributed by atoms with Gasteiger partial charge in [0.2, 0.25) is 0 Å². The molecule has 0 saturated carbocycles. The average molecular weight is 123 g/mol. The van der Waals surface area contributed by atoms with Crippen molar-refractivity contribution in [2.75, 3.05) is 7.05 Å². The maximum Gasteiger partial charge on any atom is 0.00277 e. The maximum absolute atomic E-state index is 2.89. The molecule has 1 heteroatoms. The lowest BCUT2D eigenvalue weighted by Gasteiger charge is -1.78. The lowest BCUT2D eigenvalue weighted by molar-refractivity contribution is 1.10. The maximum atomic E-state index is 2.89. The molecule has 0 unspecified atom stereocenters. The predicted molar refractivity (Wildman–Crippen MR) is 42.2 cm³/mol. The monoisotopic (exact) mass is 123 g/mol. The van der Waals surface area contributed by atoms with Gasteiger partial charge in [-0.2, -0.15) is 0 Å². The summed E-state index contributed by atoms with van der Waals surface area (Å²) in [6.45, 7) is 1.99. The largest absolute Gasteiger partial charge is 0.394 e. The minimum atomic E-state index is 1.88. The molecular formula is C8H13N. The van der Waals surface area contributed by atoms with E-state index >= 15 is 0 Å². The fourth-order valence-electron chi connectivity index (χ4n) is 0.391. The number of rotatable bonds is 3. The molecule has 0 bridgehead atoms. The van der Waals surface area contributed by atoms with Crippen molar-refractivity contribution in [1.29, 1.82) is 0 Å². The van der Waals surface area contributed by atoms with Crippen molar-refractivity contribution in [2.24, 2.45) is 0 Å². The van der Waals surface area contributed by atoms with E-state index in [-0.39, 0.29) is 0 Å². The zero-order valence-corrected chi connectivity index (χ0v) is 5.96. The van der Waals surface area contributed by atoms with E-state index in [2.05, 4.69) is 5.32 Å². The van der Waals surface area contributed by atoms with Crippen molar-refractivity contribution < 1.29 is 0 Å². The summed E-state index contributed by atoms with van der Waals surface area (Å²) in [6, 6.07) is 0. The van der Waals surface area contributed by atoms with Gasteiger partial charge in [0.25, 0.3) is 0 Å². The summed E-state index contributed by atoms with van der Waals surface area (Å²) in [7, 11) is 1.88. The molecule has 0 radical (unpaired) electrons. The standard InChI is InChI=1S/C8H13N/c1-3-4-5-6-7-8-9-2/h3-9H,1-2H3/b4-3+,6-5-,8-7-. The third kappa shape index (κ3) is 7.02. The highest BCUT2D eigenvalue weighted by atomic mass is 14.8. The Labute approximate surface area is 56.8 Å². The molecule has 9 heavy (non-hydrogen) atoms. The normalized spacial score (nSPS) is 12.2. The summed E-state index contributed by atoms with van der Waals surface area (Å²) < 4.78 is 0. The van der Waals surface area contributed by atoms with E-state index in [1.807, 2.05) is 50.6 Å². The second-order valence-electron chi connectivity index (χ2n) is 1.56. The topological polar surface area (TPSA) is 12.0 Å². The Balaban J connectivity index is 3.35. The molecule has 0 rings (SSSR count). The SMILES string of the molecule is C/C=C/C=C\C=C/NC. The summed E-state index contributed by atoms with van der Waals surface area (Å²) in [5.41, 5.74) is 0. The minimum Gasteiger partial charge on any atom is -0.394 e. The van der Waals surface area contributed by atoms with Gasteiger partial charge in [-0.15, -0.1) is 0 Å². The number of hydrogen-bond acceptors (Lipinski definition) is 1. The Bertz CT molecular complexity index is 121. The molecule has 0 spiro atoms. The molecule has 1 N–H and O–H groups in total. The van der Waals surface area contributed by atoms with Crippen molar-refractivity contribution in [3.05, 3.63) is 36.6 Å². The molecule has 0 aromatic heterocycles. The number of hydrogen-bond donors (Lipinski definition) is 1. The second-order valence-corrected chi connectivity index (χ2v) is 1.56. The van der Waals surface area contributed by atoms with Crippen molar-refractivity contribution >= 4 is 0 Å². The van der Waals surface area contributed by atoms with Gasteiger partial charge in [-0.3, -0.25) is 0 Å². The van der Waals surface area contributed by atoms with Gasteiger partial charge in [-0.25, -0.2) is 0 Å². The van der Waals surface area contributed by atoms with Crippen LogP contribution in [0.4, 0.5) is 0 Å². The fraction of sp³-hybridized carbons (Fsp3) is 0.250. The van der Waals surface area contributed by atoms with Gasteiger partial charge in [0, 0.05) is 7.05 Å². The van der Waals surface area contributed by atoms with Crippen molar-refractivity contribution in [3.63, 3.8) is 0 Å². The van der Waals surface area contributed by atoms with E-state index in [9.17, 15) is 0 Å². The third-order valence-electron chi connectivity index (χ3n) is 0.789. The van der Waals surface area contributed by atoms with Crippen LogP contribution in [0.25, 0.3) is 0 Å². The first-order valence-electron chi connectivity index (χ1n) is 3.03. The zero-order chi connectivity index (χ0) is 6.95. The van der Waals surface area contributed by atoms with Gasteiger partial charge < -0.3 is 5.32 Å². The van der Waals surface area contributed by atoms with Gasteiger partial charge in [0.1, 0.15) is 0 Å². The van der Waals surface area contributed by atoms with Crippen LogP contribution >= 0.6 is 0 Å². The Morgan fingerprint density at radius 3 is 2.22 bits per heavy atom. The van der Waals surface area contributed by atoms with Crippen LogP contribution in [-0.4, -0.2) is 7.05 Å². The molecule has 0 heterocycles. The van der Waals surface area contributed by atoms with Crippen molar-refractivity contribution in [1.82, 2.24) is 5.32 Å². The fourth-order valence-corrected chi connectivity index (χ4v) is 0.391. The quantitative estimate of drug-likeness (QED) is 0.565. The number of nitrogens with one attached hydrogen (secondary N) is 1. The highest BCUT2D eigenvalue weighted by Gasteiger charge is 1.58. The van der Waals surface area contributed by atoms with Gasteiger partial charge in [0.15, 0.2) is 0 Å².